The normalized spacial score (nSPS) is 16.9. The lowest BCUT2D eigenvalue weighted by Crippen LogP contribution is -2.25. The van der Waals surface area contributed by atoms with Gasteiger partial charge in [0.2, 0.25) is 5.88 Å². The molecule has 2 rings (SSSR count). The Morgan fingerprint density at radius 1 is 1.73 bits per heavy atom. The number of fused-ring (bicyclic) bond motifs is 1. The molecule has 7 heteroatoms. The number of ether oxygens (including phenoxy) is 1. The van der Waals surface area contributed by atoms with Crippen LogP contribution in [-0.4, -0.2) is 33.5 Å². The number of hydrogen-bond acceptors (Lipinski definition) is 6. The molecule has 1 aliphatic rings. The number of hydrogen-bond donors (Lipinski definition) is 3. The summed E-state index contributed by atoms with van der Waals surface area (Å²) in [4.78, 5) is 15.1. The molecule has 0 saturated heterocycles. The topological polar surface area (TPSA) is 96.6 Å². The summed E-state index contributed by atoms with van der Waals surface area (Å²) in [7, 11) is 1.30. The number of aromatic hydroxyl groups is 1. The van der Waals surface area contributed by atoms with E-state index >= 15 is 0 Å². The van der Waals surface area contributed by atoms with Gasteiger partial charge in [-0.1, -0.05) is 0 Å². The van der Waals surface area contributed by atoms with Gasteiger partial charge >= 0.3 is 0 Å². The third-order valence-corrected chi connectivity index (χ3v) is 2.04. The minimum absolute atomic E-state index is 0.152. The van der Waals surface area contributed by atoms with Gasteiger partial charge in [0.05, 0.1) is 25.3 Å². The quantitative estimate of drug-likeness (QED) is 0.535. The molecule has 7 nitrogen and oxygen atoms in total. The maximum atomic E-state index is 11.3. The van der Waals surface area contributed by atoms with E-state index in [1.165, 1.54) is 7.11 Å². The third-order valence-electron chi connectivity index (χ3n) is 2.04. The maximum absolute atomic E-state index is 11.3. The highest BCUT2D eigenvalue weighted by molar-refractivity contribution is 5.66. The molecule has 1 aliphatic heterocycles. The van der Waals surface area contributed by atoms with Crippen LogP contribution in [0.5, 0.6) is 5.88 Å². The molecule has 1 aromatic rings. The van der Waals surface area contributed by atoms with Gasteiger partial charge in [-0.3, -0.25) is 4.79 Å². The number of nitrogens with zero attached hydrogens (tertiary/aromatic N) is 2. The van der Waals surface area contributed by atoms with Crippen LogP contribution in [0.25, 0.3) is 5.57 Å². The van der Waals surface area contributed by atoms with Gasteiger partial charge in [-0.05, 0) is 0 Å². The Morgan fingerprint density at radius 2 is 2.47 bits per heavy atom. The van der Waals surface area contributed by atoms with Crippen molar-refractivity contribution in [1.29, 1.82) is 0 Å². The van der Waals surface area contributed by atoms with Crippen LogP contribution >= 0.6 is 0 Å². The fourth-order valence-corrected chi connectivity index (χ4v) is 1.36. The number of nitrogens with one attached hydrogen (secondary N) is 1. The molecule has 80 valence electrons. The van der Waals surface area contributed by atoms with Crippen LogP contribution < -0.4 is 11.0 Å². The summed E-state index contributed by atoms with van der Waals surface area (Å²) in [6.45, 7) is 0.214. The van der Waals surface area contributed by atoms with E-state index in [2.05, 4.69) is 15.1 Å². The van der Waals surface area contributed by atoms with Gasteiger partial charge in [-0.15, -0.1) is 0 Å². The Morgan fingerprint density at radius 3 is 3.13 bits per heavy atom. The van der Waals surface area contributed by atoms with Crippen LogP contribution in [0.4, 0.5) is 0 Å². The van der Waals surface area contributed by atoms with E-state index in [1.807, 2.05) is 0 Å². The highest BCUT2D eigenvalue weighted by atomic mass is 16.6. The van der Waals surface area contributed by atoms with E-state index in [1.54, 1.807) is 0 Å². The Bertz CT molecular complexity index is 491. The molecule has 0 fully saturated rings. The van der Waals surface area contributed by atoms with Crippen molar-refractivity contribution in [3.05, 3.63) is 28.2 Å². The van der Waals surface area contributed by atoms with Gasteiger partial charge in [0.25, 0.3) is 11.5 Å². The Labute approximate surface area is 84.2 Å². The Hall–Kier alpha value is -2.18. The molecule has 1 aromatic heterocycles. The first-order chi connectivity index (χ1) is 7.13. The standard InChI is InChI=1S/C8H9N3O4/c1-15-8(14)4-3-9-11-6(13)2-5(12)10-7(4)11/h2,9,12,14H,3H2,1H3. The number of aliphatic hydroxyl groups excluding tert-OH is 1. The maximum Gasteiger partial charge on any atom is 0.285 e. The van der Waals surface area contributed by atoms with Crippen LogP contribution in [-0.2, 0) is 4.74 Å². The van der Waals surface area contributed by atoms with Crippen molar-refractivity contribution in [2.24, 2.45) is 0 Å². The molecule has 0 bridgehead atoms. The second-order valence-electron chi connectivity index (χ2n) is 2.93. The lowest BCUT2D eigenvalue weighted by atomic mass is 10.3. The summed E-state index contributed by atoms with van der Waals surface area (Å²) in [5.74, 6) is -0.568. The molecular formula is C8H9N3O4. The summed E-state index contributed by atoms with van der Waals surface area (Å²) < 4.78 is 5.76. The van der Waals surface area contributed by atoms with Gasteiger partial charge < -0.3 is 20.4 Å². The van der Waals surface area contributed by atoms with Crippen molar-refractivity contribution in [2.75, 3.05) is 19.1 Å². The third kappa shape index (κ3) is 1.37. The smallest absolute Gasteiger partial charge is 0.285 e. The molecule has 0 spiro atoms. The summed E-state index contributed by atoms with van der Waals surface area (Å²) >= 11 is 0. The molecule has 0 aliphatic carbocycles. The summed E-state index contributed by atoms with van der Waals surface area (Å²) in [5, 5.41) is 18.5. The monoisotopic (exact) mass is 211 g/mol. The number of rotatable bonds is 1. The predicted molar refractivity (Wildman–Crippen MR) is 50.9 cm³/mol. The first-order valence-corrected chi connectivity index (χ1v) is 4.17. The summed E-state index contributed by atoms with van der Waals surface area (Å²) in [6, 6.07) is 0.975. The molecular weight excluding hydrogens is 202 g/mol. The van der Waals surface area contributed by atoms with Gasteiger partial charge in [0.1, 0.15) is 0 Å². The molecule has 2 heterocycles. The van der Waals surface area contributed by atoms with Crippen LogP contribution in [0, 0.1) is 0 Å². The molecule has 0 amide bonds. The second-order valence-corrected chi connectivity index (χ2v) is 2.93. The van der Waals surface area contributed by atoms with Crippen LogP contribution in [0.3, 0.4) is 0 Å². The molecule has 0 atom stereocenters. The van der Waals surface area contributed by atoms with E-state index in [9.17, 15) is 9.90 Å². The fourth-order valence-electron chi connectivity index (χ4n) is 1.36. The van der Waals surface area contributed by atoms with Gasteiger partial charge in [-0.25, -0.2) is 4.68 Å². The predicted octanol–water partition coefficient (Wildman–Crippen LogP) is -0.621. The fraction of sp³-hybridized carbons (Fsp3) is 0.250. The van der Waals surface area contributed by atoms with Gasteiger partial charge in [0.15, 0.2) is 5.82 Å². The second kappa shape index (κ2) is 3.19. The van der Waals surface area contributed by atoms with Crippen molar-refractivity contribution in [3.63, 3.8) is 0 Å². The minimum atomic E-state index is -0.448. The van der Waals surface area contributed by atoms with Crippen molar-refractivity contribution in [2.45, 2.75) is 0 Å². The van der Waals surface area contributed by atoms with Gasteiger partial charge in [0, 0.05) is 0 Å². The average molecular weight is 211 g/mol. The number of aromatic nitrogens is 2. The Kier molecular flexibility index (Phi) is 2.00. The van der Waals surface area contributed by atoms with E-state index in [4.69, 9.17) is 5.11 Å². The molecule has 15 heavy (non-hydrogen) atoms. The number of methoxy groups -OCH3 is 1. The van der Waals surface area contributed by atoms with Crippen LogP contribution in [0.15, 0.2) is 16.8 Å². The van der Waals surface area contributed by atoms with Gasteiger partial charge in [-0.2, -0.15) is 4.98 Å². The zero-order valence-electron chi connectivity index (χ0n) is 7.89. The summed E-state index contributed by atoms with van der Waals surface area (Å²) in [6.07, 6.45) is 0. The van der Waals surface area contributed by atoms with Crippen molar-refractivity contribution >= 4 is 5.57 Å². The lowest BCUT2D eigenvalue weighted by Gasteiger charge is -2.02. The molecule has 0 saturated carbocycles. The van der Waals surface area contributed by atoms with E-state index in [-0.39, 0.29) is 18.3 Å². The zero-order valence-corrected chi connectivity index (χ0v) is 7.89. The van der Waals surface area contributed by atoms with Crippen molar-refractivity contribution in [1.82, 2.24) is 9.66 Å². The zero-order chi connectivity index (χ0) is 11.0. The first-order valence-electron chi connectivity index (χ1n) is 4.17. The largest absolute Gasteiger partial charge is 0.493 e. The van der Waals surface area contributed by atoms with E-state index in [0.717, 1.165) is 10.7 Å². The van der Waals surface area contributed by atoms with Crippen molar-refractivity contribution in [3.8, 4) is 5.88 Å². The molecule has 0 unspecified atom stereocenters. The SMILES string of the molecule is COC(O)=C1CNn2c1nc(O)cc2=O. The highest BCUT2D eigenvalue weighted by Gasteiger charge is 2.23. The molecule has 0 radical (unpaired) electrons. The lowest BCUT2D eigenvalue weighted by molar-refractivity contribution is 0.138. The van der Waals surface area contributed by atoms with Crippen LogP contribution in [0.1, 0.15) is 5.82 Å². The minimum Gasteiger partial charge on any atom is -0.493 e. The van der Waals surface area contributed by atoms with E-state index < -0.39 is 11.4 Å². The van der Waals surface area contributed by atoms with E-state index in [0.29, 0.717) is 5.57 Å². The number of aliphatic hydroxyl groups is 1. The van der Waals surface area contributed by atoms with Crippen molar-refractivity contribution < 1.29 is 14.9 Å². The average Bonchev–Trinajstić information content (AvgIpc) is 2.60. The highest BCUT2D eigenvalue weighted by Crippen LogP contribution is 2.20. The summed E-state index contributed by atoms with van der Waals surface area (Å²) in [5.41, 5.74) is 2.57. The Balaban J connectivity index is 2.66. The van der Waals surface area contributed by atoms with Crippen LogP contribution in [0.2, 0.25) is 0 Å². The first kappa shape index (κ1) is 9.38. The molecule has 3 N–H and O–H groups in total. The molecule has 0 aromatic carbocycles.